The smallest absolute Gasteiger partial charge is 0.254 e. The van der Waals surface area contributed by atoms with Gasteiger partial charge < -0.3 is 20.6 Å². The number of amides is 2. The molecule has 0 unspecified atom stereocenters. The molecule has 2 atom stereocenters. The molecule has 1 aliphatic carbocycles. The number of nitrogens with two attached hydrogens (primary N) is 1. The Bertz CT molecular complexity index is 1010. The van der Waals surface area contributed by atoms with E-state index in [9.17, 15) is 14.7 Å². The van der Waals surface area contributed by atoms with E-state index in [-0.39, 0.29) is 24.4 Å². The van der Waals surface area contributed by atoms with E-state index in [0.29, 0.717) is 36.7 Å². The summed E-state index contributed by atoms with van der Waals surface area (Å²) in [6, 6.07) is 14.8. The number of aryl methyl sites for hydroxylation is 1. The molecular formula is C32H47N3O3. The minimum absolute atomic E-state index is 0.0457. The molecule has 208 valence electrons. The zero-order valence-corrected chi connectivity index (χ0v) is 23.6. The number of nitrogens with zero attached hydrogens (tertiary/aromatic N) is 2. The van der Waals surface area contributed by atoms with Gasteiger partial charge in [0.2, 0.25) is 0 Å². The summed E-state index contributed by atoms with van der Waals surface area (Å²) in [4.78, 5) is 30.7. The summed E-state index contributed by atoms with van der Waals surface area (Å²) in [6.45, 7) is 7.93. The highest BCUT2D eigenvalue weighted by atomic mass is 16.3. The molecule has 0 aliphatic heterocycles. The highest BCUT2D eigenvalue weighted by Crippen LogP contribution is 2.28. The normalized spacial score (nSPS) is 15.6. The fourth-order valence-electron chi connectivity index (χ4n) is 5.60. The molecule has 1 saturated carbocycles. The predicted octanol–water partition coefficient (Wildman–Crippen LogP) is 5.56. The van der Waals surface area contributed by atoms with E-state index in [4.69, 9.17) is 5.73 Å². The lowest BCUT2D eigenvalue weighted by Crippen LogP contribution is -2.46. The SMILES string of the molecule is CCCN(CCC)C(=O)c1cc(C)cc(C(=O)N(Cc2ccccc2)C[C@@H](O)[C@@H](N)CC2CCCCC2)c1. The fraction of sp³-hybridized carbons (Fsp3) is 0.562. The summed E-state index contributed by atoms with van der Waals surface area (Å²) in [6.07, 6.45) is 7.80. The van der Waals surface area contributed by atoms with Gasteiger partial charge in [0, 0.05) is 43.3 Å². The Morgan fingerprint density at radius 1 is 0.921 bits per heavy atom. The molecule has 1 fully saturated rings. The van der Waals surface area contributed by atoms with E-state index in [0.717, 1.165) is 30.4 Å². The van der Waals surface area contributed by atoms with Crippen molar-refractivity contribution in [1.29, 1.82) is 0 Å². The Morgan fingerprint density at radius 2 is 1.50 bits per heavy atom. The number of hydrogen-bond acceptors (Lipinski definition) is 4. The summed E-state index contributed by atoms with van der Waals surface area (Å²) < 4.78 is 0. The molecule has 6 nitrogen and oxygen atoms in total. The monoisotopic (exact) mass is 521 g/mol. The summed E-state index contributed by atoms with van der Waals surface area (Å²) in [5.41, 5.74) is 9.31. The molecule has 0 aromatic heterocycles. The van der Waals surface area contributed by atoms with Gasteiger partial charge in [-0.2, -0.15) is 0 Å². The van der Waals surface area contributed by atoms with Crippen molar-refractivity contribution < 1.29 is 14.7 Å². The van der Waals surface area contributed by atoms with Crippen molar-refractivity contribution in [2.24, 2.45) is 11.7 Å². The number of aliphatic hydroxyl groups excluding tert-OH is 1. The second-order valence-corrected chi connectivity index (χ2v) is 11.0. The lowest BCUT2D eigenvalue weighted by molar-refractivity contribution is 0.0525. The predicted molar refractivity (Wildman–Crippen MR) is 154 cm³/mol. The van der Waals surface area contributed by atoms with Crippen LogP contribution >= 0.6 is 0 Å². The van der Waals surface area contributed by atoms with Gasteiger partial charge >= 0.3 is 0 Å². The molecule has 2 aromatic carbocycles. The maximum atomic E-state index is 13.9. The minimum atomic E-state index is -0.819. The Kier molecular flexibility index (Phi) is 11.8. The average molecular weight is 522 g/mol. The van der Waals surface area contributed by atoms with E-state index < -0.39 is 6.10 Å². The molecule has 3 rings (SSSR count). The second-order valence-electron chi connectivity index (χ2n) is 11.0. The van der Waals surface area contributed by atoms with E-state index >= 15 is 0 Å². The van der Waals surface area contributed by atoms with Gasteiger partial charge in [-0.3, -0.25) is 9.59 Å². The third-order valence-corrected chi connectivity index (χ3v) is 7.58. The topological polar surface area (TPSA) is 86.9 Å². The Balaban J connectivity index is 1.82. The molecule has 38 heavy (non-hydrogen) atoms. The fourth-order valence-corrected chi connectivity index (χ4v) is 5.60. The van der Waals surface area contributed by atoms with Gasteiger partial charge in [-0.05, 0) is 61.4 Å². The van der Waals surface area contributed by atoms with Gasteiger partial charge in [0.15, 0.2) is 0 Å². The van der Waals surface area contributed by atoms with Crippen LogP contribution in [0.5, 0.6) is 0 Å². The largest absolute Gasteiger partial charge is 0.390 e. The van der Waals surface area contributed by atoms with Crippen LogP contribution in [0.1, 0.15) is 97.1 Å². The summed E-state index contributed by atoms with van der Waals surface area (Å²) in [5.74, 6) is 0.301. The number of hydrogen-bond donors (Lipinski definition) is 2. The zero-order chi connectivity index (χ0) is 27.5. The van der Waals surface area contributed by atoms with Gasteiger partial charge in [0.25, 0.3) is 11.8 Å². The third kappa shape index (κ3) is 8.67. The van der Waals surface area contributed by atoms with Gasteiger partial charge in [0.05, 0.1) is 6.10 Å². The van der Waals surface area contributed by atoms with Crippen molar-refractivity contribution in [2.45, 2.75) is 90.8 Å². The lowest BCUT2D eigenvalue weighted by atomic mass is 9.84. The van der Waals surface area contributed by atoms with Crippen molar-refractivity contribution >= 4 is 11.8 Å². The molecule has 0 heterocycles. The number of carbonyl (C=O) groups excluding carboxylic acids is 2. The van der Waals surface area contributed by atoms with E-state index in [1.807, 2.05) is 54.3 Å². The number of benzene rings is 2. The van der Waals surface area contributed by atoms with Crippen molar-refractivity contribution in [2.75, 3.05) is 19.6 Å². The van der Waals surface area contributed by atoms with Crippen molar-refractivity contribution in [1.82, 2.24) is 9.80 Å². The molecule has 3 N–H and O–H groups in total. The van der Waals surface area contributed by atoms with Crippen LogP contribution in [0.3, 0.4) is 0 Å². The first kappa shape index (κ1) is 29.9. The first-order valence-electron chi connectivity index (χ1n) is 14.5. The molecular weight excluding hydrogens is 474 g/mol. The van der Waals surface area contributed by atoms with Gasteiger partial charge in [-0.25, -0.2) is 0 Å². The second kappa shape index (κ2) is 15.0. The highest BCUT2D eigenvalue weighted by Gasteiger charge is 2.27. The van der Waals surface area contributed by atoms with Crippen LogP contribution in [-0.4, -0.2) is 58.5 Å². The van der Waals surface area contributed by atoms with Crippen LogP contribution < -0.4 is 5.73 Å². The molecule has 0 spiro atoms. The summed E-state index contributed by atoms with van der Waals surface area (Å²) >= 11 is 0. The van der Waals surface area contributed by atoms with Crippen LogP contribution in [0.15, 0.2) is 48.5 Å². The van der Waals surface area contributed by atoms with Crippen molar-refractivity contribution in [3.05, 3.63) is 70.8 Å². The molecule has 0 radical (unpaired) electrons. The van der Waals surface area contributed by atoms with Crippen molar-refractivity contribution in [3.8, 4) is 0 Å². The molecule has 0 saturated heterocycles. The minimum Gasteiger partial charge on any atom is -0.390 e. The van der Waals surface area contributed by atoms with Crippen LogP contribution in [-0.2, 0) is 6.54 Å². The first-order chi connectivity index (χ1) is 18.3. The number of aliphatic hydroxyl groups is 1. The molecule has 6 heteroatoms. The Hall–Kier alpha value is -2.70. The molecule has 0 bridgehead atoms. The first-order valence-corrected chi connectivity index (χ1v) is 14.5. The van der Waals surface area contributed by atoms with Crippen LogP contribution in [0.4, 0.5) is 0 Å². The van der Waals surface area contributed by atoms with Gasteiger partial charge in [0.1, 0.15) is 0 Å². The number of rotatable bonds is 13. The number of carbonyl (C=O) groups is 2. The quantitative estimate of drug-likeness (QED) is 0.361. The lowest BCUT2D eigenvalue weighted by Gasteiger charge is -2.31. The maximum Gasteiger partial charge on any atom is 0.254 e. The van der Waals surface area contributed by atoms with Gasteiger partial charge in [-0.1, -0.05) is 76.3 Å². The van der Waals surface area contributed by atoms with Gasteiger partial charge in [-0.15, -0.1) is 0 Å². The van der Waals surface area contributed by atoms with Crippen molar-refractivity contribution in [3.63, 3.8) is 0 Å². The Morgan fingerprint density at radius 3 is 2.08 bits per heavy atom. The molecule has 2 aromatic rings. The van der Waals surface area contributed by atoms with E-state index in [1.54, 1.807) is 11.0 Å². The third-order valence-electron chi connectivity index (χ3n) is 7.58. The average Bonchev–Trinajstić information content (AvgIpc) is 2.92. The van der Waals surface area contributed by atoms with Crippen LogP contribution in [0.2, 0.25) is 0 Å². The Labute approximate surface area is 229 Å². The highest BCUT2D eigenvalue weighted by molar-refractivity contribution is 6.00. The van der Waals surface area contributed by atoms with E-state index in [1.165, 1.54) is 32.1 Å². The maximum absolute atomic E-state index is 13.9. The van der Waals surface area contributed by atoms with E-state index in [2.05, 4.69) is 13.8 Å². The molecule has 2 amide bonds. The van der Waals surface area contributed by atoms with Crippen LogP contribution in [0.25, 0.3) is 0 Å². The summed E-state index contributed by atoms with van der Waals surface area (Å²) in [5, 5.41) is 11.1. The zero-order valence-electron chi connectivity index (χ0n) is 23.6. The summed E-state index contributed by atoms with van der Waals surface area (Å²) in [7, 11) is 0. The molecule has 1 aliphatic rings. The standard InChI is InChI=1S/C32H47N3O3/c1-4-16-34(17-5-2)31(37)27-18-24(3)19-28(21-27)32(38)35(22-26-14-10-7-11-15-26)23-30(36)29(33)20-25-12-8-6-9-13-25/h7,10-11,14-15,18-19,21,25,29-30,36H,4-6,8-9,12-13,16-17,20,22-23,33H2,1-3H3/t29-,30+/m0/s1. The van der Waals surface area contributed by atoms with Crippen LogP contribution in [0, 0.1) is 12.8 Å².